The first kappa shape index (κ1) is 15.5. The molecule has 0 saturated heterocycles. The molecule has 0 aromatic heterocycles. The van der Waals surface area contributed by atoms with Crippen molar-refractivity contribution >= 4 is 17.8 Å². The van der Waals surface area contributed by atoms with Gasteiger partial charge in [0.15, 0.2) is 0 Å². The molecule has 1 aromatic carbocycles. The second-order valence-electron chi connectivity index (χ2n) is 3.89. The molecule has 0 fully saturated rings. The number of ether oxygens (including phenoxy) is 1. The quantitative estimate of drug-likeness (QED) is 0.679. The van der Waals surface area contributed by atoms with Gasteiger partial charge in [0, 0.05) is 0 Å². The van der Waals surface area contributed by atoms with Crippen LogP contribution >= 0.6 is 0 Å². The Bertz CT molecular complexity index is 513. The summed E-state index contributed by atoms with van der Waals surface area (Å²) in [4.78, 5) is 33.5. The van der Waals surface area contributed by atoms with Gasteiger partial charge in [-0.15, -0.1) is 0 Å². The molecular weight excluding hydrogens is 266 g/mol. The monoisotopic (exact) mass is 281 g/mol. The number of rotatable bonds is 7. The van der Waals surface area contributed by atoms with E-state index in [2.05, 4.69) is 5.32 Å². The van der Waals surface area contributed by atoms with Crippen LogP contribution in [0.4, 0.5) is 0 Å². The second kappa shape index (κ2) is 7.13. The van der Waals surface area contributed by atoms with Crippen molar-refractivity contribution < 1.29 is 29.3 Å². The lowest BCUT2D eigenvalue weighted by atomic mass is 10.1. The van der Waals surface area contributed by atoms with E-state index in [-0.39, 0.29) is 5.56 Å². The van der Waals surface area contributed by atoms with Crippen LogP contribution in [0.5, 0.6) is 5.75 Å². The third-order valence-electron chi connectivity index (χ3n) is 2.41. The standard InChI is InChI=1S/C13H15NO6/c1-2-20-10-6-4-3-5-8(10)12(17)14-9(13(18)19)7-11(15)16/h3-6,9H,2,7H2,1H3,(H,14,17)(H,15,16)(H,18,19)/t9-/m0/s1. The van der Waals surface area contributed by atoms with Gasteiger partial charge in [0.1, 0.15) is 11.8 Å². The van der Waals surface area contributed by atoms with E-state index >= 15 is 0 Å². The molecule has 0 heterocycles. The van der Waals surface area contributed by atoms with Crippen LogP contribution in [0.2, 0.25) is 0 Å². The van der Waals surface area contributed by atoms with Crippen molar-refractivity contribution in [1.29, 1.82) is 0 Å². The first-order valence-corrected chi connectivity index (χ1v) is 5.93. The molecule has 0 aliphatic heterocycles. The Morgan fingerprint density at radius 1 is 1.25 bits per heavy atom. The average molecular weight is 281 g/mol. The van der Waals surface area contributed by atoms with Crippen LogP contribution < -0.4 is 10.1 Å². The minimum absolute atomic E-state index is 0.158. The summed E-state index contributed by atoms with van der Waals surface area (Å²) in [6, 6.07) is 4.83. The van der Waals surface area contributed by atoms with Crippen LogP contribution in [0.1, 0.15) is 23.7 Å². The third kappa shape index (κ3) is 4.27. The molecule has 1 aromatic rings. The van der Waals surface area contributed by atoms with E-state index in [0.717, 1.165) is 0 Å². The zero-order valence-corrected chi connectivity index (χ0v) is 10.8. The van der Waals surface area contributed by atoms with Crippen molar-refractivity contribution in [3.8, 4) is 5.75 Å². The molecule has 7 heteroatoms. The maximum absolute atomic E-state index is 12.0. The maximum atomic E-state index is 12.0. The number of carbonyl (C=O) groups is 3. The van der Waals surface area contributed by atoms with Gasteiger partial charge in [-0.25, -0.2) is 4.79 Å². The van der Waals surface area contributed by atoms with Crippen LogP contribution in [-0.2, 0) is 9.59 Å². The number of amides is 1. The predicted molar refractivity (Wildman–Crippen MR) is 68.8 cm³/mol. The van der Waals surface area contributed by atoms with Crippen LogP contribution in [0.15, 0.2) is 24.3 Å². The van der Waals surface area contributed by atoms with Gasteiger partial charge < -0.3 is 20.3 Å². The molecule has 0 aliphatic rings. The van der Waals surface area contributed by atoms with Crippen LogP contribution in [-0.4, -0.2) is 40.7 Å². The molecule has 1 amide bonds. The minimum Gasteiger partial charge on any atom is -0.493 e. The Hall–Kier alpha value is -2.57. The highest BCUT2D eigenvalue weighted by Gasteiger charge is 2.24. The van der Waals surface area contributed by atoms with Gasteiger partial charge in [-0.3, -0.25) is 9.59 Å². The number of para-hydroxylation sites is 1. The van der Waals surface area contributed by atoms with E-state index in [1.54, 1.807) is 25.1 Å². The number of carboxylic acids is 2. The molecule has 0 saturated carbocycles. The summed E-state index contributed by atoms with van der Waals surface area (Å²) < 4.78 is 5.26. The van der Waals surface area contributed by atoms with Crippen molar-refractivity contribution in [1.82, 2.24) is 5.32 Å². The van der Waals surface area contributed by atoms with Crippen molar-refractivity contribution in [2.24, 2.45) is 0 Å². The van der Waals surface area contributed by atoms with Gasteiger partial charge >= 0.3 is 11.9 Å². The van der Waals surface area contributed by atoms with Gasteiger partial charge in [-0.2, -0.15) is 0 Å². The molecule has 7 nitrogen and oxygen atoms in total. The summed E-state index contributed by atoms with van der Waals surface area (Å²) in [5.41, 5.74) is 0.158. The summed E-state index contributed by atoms with van der Waals surface area (Å²) in [6.07, 6.45) is -0.697. The normalized spacial score (nSPS) is 11.4. The lowest BCUT2D eigenvalue weighted by Gasteiger charge is -2.14. The maximum Gasteiger partial charge on any atom is 0.326 e. The fourth-order valence-corrected chi connectivity index (χ4v) is 1.55. The van der Waals surface area contributed by atoms with Crippen molar-refractivity contribution in [2.45, 2.75) is 19.4 Å². The number of carboxylic acid groups (broad SMARTS) is 2. The van der Waals surface area contributed by atoms with E-state index in [9.17, 15) is 14.4 Å². The summed E-state index contributed by atoms with van der Waals surface area (Å²) >= 11 is 0. The lowest BCUT2D eigenvalue weighted by molar-refractivity contribution is -0.145. The number of hydrogen-bond acceptors (Lipinski definition) is 4. The fourth-order valence-electron chi connectivity index (χ4n) is 1.55. The summed E-state index contributed by atoms with van der Waals surface area (Å²) in [5, 5.41) is 19.7. The molecule has 0 unspecified atom stereocenters. The molecule has 1 rings (SSSR count). The fraction of sp³-hybridized carbons (Fsp3) is 0.308. The molecule has 3 N–H and O–H groups in total. The summed E-state index contributed by atoms with van der Waals surface area (Å²) in [5.74, 6) is -3.10. The molecule has 108 valence electrons. The van der Waals surface area contributed by atoms with Crippen LogP contribution in [0.3, 0.4) is 0 Å². The number of nitrogens with one attached hydrogen (secondary N) is 1. The van der Waals surface area contributed by atoms with Crippen LogP contribution in [0, 0.1) is 0 Å². The van der Waals surface area contributed by atoms with Crippen molar-refractivity contribution in [2.75, 3.05) is 6.61 Å². The topological polar surface area (TPSA) is 113 Å². The van der Waals surface area contributed by atoms with Crippen LogP contribution in [0.25, 0.3) is 0 Å². The second-order valence-corrected chi connectivity index (χ2v) is 3.89. The molecule has 20 heavy (non-hydrogen) atoms. The zero-order valence-electron chi connectivity index (χ0n) is 10.8. The summed E-state index contributed by atoms with van der Waals surface area (Å²) in [7, 11) is 0. The molecular formula is C13H15NO6. The van der Waals surface area contributed by atoms with E-state index in [4.69, 9.17) is 14.9 Å². The minimum atomic E-state index is -1.49. The number of hydrogen-bond donors (Lipinski definition) is 3. The molecule has 0 aliphatic carbocycles. The Labute approximate surface area is 115 Å². The van der Waals surface area contributed by atoms with Gasteiger partial charge in [0.2, 0.25) is 0 Å². The highest BCUT2D eigenvalue weighted by atomic mass is 16.5. The Kier molecular flexibility index (Phi) is 5.52. The average Bonchev–Trinajstić information content (AvgIpc) is 2.38. The highest BCUT2D eigenvalue weighted by molar-refractivity contribution is 5.99. The molecule has 0 bridgehead atoms. The molecule has 1 atom stereocenters. The highest BCUT2D eigenvalue weighted by Crippen LogP contribution is 2.18. The number of benzene rings is 1. The van der Waals surface area contributed by atoms with Gasteiger partial charge in [0.05, 0.1) is 18.6 Å². The largest absolute Gasteiger partial charge is 0.493 e. The van der Waals surface area contributed by atoms with Crippen molar-refractivity contribution in [3.05, 3.63) is 29.8 Å². The first-order chi connectivity index (χ1) is 9.45. The van der Waals surface area contributed by atoms with E-state index in [1.807, 2.05) is 0 Å². The SMILES string of the molecule is CCOc1ccccc1C(=O)N[C@@H](CC(=O)O)C(=O)O. The van der Waals surface area contributed by atoms with E-state index in [0.29, 0.717) is 12.4 Å². The smallest absolute Gasteiger partial charge is 0.326 e. The Balaban J connectivity index is 2.88. The third-order valence-corrected chi connectivity index (χ3v) is 2.41. The predicted octanol–water partition coefficient (Wildman–Crippen LogP) is 0.743. The Morgan fingerprint density at radius 3 is 2.45 bits per heavy atom. The lowest BCUT2D eigenvalue weighted by Crippen LogP contribution is -2.42. The molecule has 0 radical (unpaired) electrons. The van der Waals surface area contributed by atoms with Gasteiger partial charge in [-0.05, 0) is 19.1 Å². The molecule has 0 spiro atoms. The summed E-state index contributed by atoms with van der Waals surface area (Å²) in [6.45, 7) is 2.10. The zero-order chi connectivity index (χ0) is 15.1. The van der Waals surface area contributed by atoms with E-state index in [1.165, 1.54) is 6.07 Å². The number of carbonyl (C=O) groups excluding carboxylic acids is 1. The Morgan fingerprint density at radius 2 is 1.90 bits per heavy atom. The number of aliphatic carboxylic acids is 2. The van der Waals surface area contributed by atoms with Gasteiger partial charge in [-0.1, -0.05) is 12.1 Å². The first-order valence-electron chi connectivity index (χ1n) is 5.93. The van der Waals surface area contributed by atoms with E-state index < -0.39 is 30.3 Å². The van der Waals surface area contributed by atoms with Crippen molar-refractivity contribution in [3.63, 3.8) is 0 Å². The van der Waals surface area contributed by atoms with Gasteiger partial charge in [0.25, 0.3) is 5.91 Å².